The van der Waals surface area contributed by atoms with Crippen LogP contribution in [0.5, 0.6) is 0 Å². The van der Waals surface area contributed by atoms with Crippen LogP contribution in [0.15, 0.2) is 42.1 Å². The molecule has 0 bridgehead atoms. The number of hydrogen-bond acceptors (Lipinski definition) is 3. The van der Waals surface area contributed by atoms with Gasteiger partial charge in [-0.2, -0.15) is 0 Å². The minimum atomic E-state index is -0.325. The fourth-order valence-electron chi connectivity index (χ4n) is 1.41. The minimum absolute atomic E-state index is 0.262. The van der Waals surface area contributed by atoms with Crippen molar-refractivity contribution >= 4 is 5.97 Å². The molecule has 1 N–H and O–H groups in total. The number of carbonyl (C=O) groups is 1. The molecule has 1 aromatic rings. The maximum atomic E-state index is 11.2. The molecule has 0 unspecified atom stereocenters. The molecule has 0 aliphatic carbocycles. The van der Waals surface area contributed by atoms with Crippen LogP contribution in [0.1, 0.15) is 19.4 Å². The molecular formula is C14H19NO2. The fourth-order valence-corrected chi connectivity index (χ4v) is 1.41. The molecule has 0 saturated carbocycles. The molecular weight excluding hydrogens is 214 g/mol. The third-order valence-corrected chi connectivity index (χ3v) is 2.44. The van der Waals surface area contributed by atoms with Crippen LogP contribution in [0.2, 0.25) is 0 Å². The Balaban J connectivity index is 2.63. The summed E-state index contributed by atoms with van der Waals surface area (Å²) in [5.74, 6) is -0.0629. The largest absolute Gasteiger partial charge is 0.466 e. The molecule has 1 aromatic carbocycles. The Kier molecular flexibility index (Phi) is 5.27. The Hall–Kier alpha value is -1.77. The molecule has 0 fully saturated rings. The summed E-state index contributed by atoms with van der Waals surface area (Å²) in [7, 11) is 1.38. The predicted molar refractivity (Wildman–Crippen MR) is 68.2 cm³/mol. The van der Waals surface area contributed by atoms with Gasteiger partial charge >= 0.3 is 5.97 Å². The fraction of sp³-hybridized carbons (Fsp3) is 0.357. The molecule has 0 radical (unpaired) electrons. The first-order chi connectivity index (χ1) is 8.13. The van der Waals surface area contributed by atoms with Crippen molar-refractivity contribution in [1.29, 1.82) is 0 Å². The highest BCUT2D eigenvalue weighted by Gasteiger charge is 2.06. The molecule has 0 saturated heterocycles. The number of hydrogen-bond donors (Lipinski definition) is 1. The summed E-state index contributed by atoms with van der Waals surface area (Å²) in [6.07, 6.45) is 1.51. The summed E-state index contributed by atoms with van der Waals surface area (Å²) in [6, 6.07) is 10.1. The molecule has 0 aliphatic rings. The van der Waals surface area contributed by atoms with Crippen LogP contribution in [0.3, 0.4) is 0 Å². The van der Waals surface area contributed by atoms with Crippen LogP contribution < -0.4 is 5.32 Å². The van der Waals surface area contributed by atoms with E-state index in [0.29, 0.717) is 6.54 Å². The maximum absolute atomic E-state index is 11.2. The van der Waals surface area contributed by atoms with Gasteiger partial charge in [0.15, 0.2) is 0 Å². The van der Waals surface area contributed by atoms with E-state index >= 15 is 0 Å². The molecule has 1 rings (SSSR count). The summed E-state index contributed by atoms with van der Waals surface area (Å²) < 4.78 is 4.63. The first-order valence-corrected chi connectivity index (χ1v) is 5.71. The van der Waals surface area contributed by atoms with E-state index in [9.17, 15) is 4.79 Å². The number of rotatable bonds is 5. The smallest absolute Gasteiger partial charge is 0.332 e. The number of methoxy groups -OCH3 is 1. The van der Waals surface area contributed by atoms with Crippen molar-refractivity contribution in [3.63, 3.8) is 0 Å². The lowest BCUT2D eigenvalue weighted by Gasteiger charge is -2.14. The average molecular weight is 233 g/mol. The summed E-state index contributed by atoms with van der Waals surface area (Å²) in [4.78, 5) is 11.2. The first-order valence-electron chi connectivity index (χ1n) is 5.71. The standard InChI is InChI=1S/C14H19NO2/c1-11(2)13(9-14(16)17-3)15-10-12-7-5-4-6-8-12/h4-9,11,15H,10H2,1-3H3/b13-9-. The van der Waals surface area contributed by atoms with E-state index in [1.165, 1.54) is 18.7 Å². The predicted octanol–water partition coefficient (Wildman–Crippen LogP) is 2.49. The van der Waals surface area contributed by atoms with Crippen LogP contribution in [0.4, 0.5) is 0 Å². The maximum Gasteiger partial charge on any atom is 0.332 e. The van der Waals surface area contributed by atoms with Gasteiger partial charge in [0.25, 0.3) is 0 Å². The third-order valence-electron chi connectivity index (χ3n) is 2.44. The van der Waals surface area contributed by atoms with E-state index in [0.717, 1.165) is 5.70 Å². The number of carbonyl (C=O) groups excluding carboxylic acids is 1. The van der Waals surface area contributed by atoms with Gasteiger partial charge in [-0.05, 0) is 11.5 Å². The van der Waals surface area contributed by atoms with Gasteiger partial charge in [-0.25, -0.2) is 4.79 Å². The van der Waals surface area contributed by atoms with Crippen molar-refractivity contribution in [1.82, 2.24) is 5.32 Å². The molecule has 0 amide bonds. The van der Waals surface area contributed by atoms with Crippen molar-refractivity contribution in [3.05, 3.63) is 47.7 Å². The van der Waals surface area contributed by atoms with Gasteiger partial charge in [0.1, 0.15) is 0 Å². The zero-order valence-corrected chi connectivity index (χ0v) is 10.6. The Morgan fingerprint density at radius 2 is 2.00 bits per heavy atom. The van der Waals surface area contributed by atoms with Gasteiger partial charge in [-0.3, -0.25) is 0 Å². The van der Waals surface area contributed by atoms with Gasteiger partial charge in [-0.1, -0.05) is 44.2 Å². The van der Waals surface area contributed by atoms with Gasteiger partial charge in [0.05, 0.1) is 7.11 Å². The number of ether oxygens (including phenoxy) is 1. The van der Waals surface area contributed by atoms with Crippen LogP contribution in [-0.4, -0.2) is 13.1 Å². The Labute approximate surface area is 102 Å². The lowest BCUT2D eigenvalue weighted by atomic mass is 10.1. The molecule has 0 heterocycles. The number of esters is 1. The van der Waals surface area contributed by atoms with E-state index in [1.807, 2.05) is 44.2 Å². The molecule has 3 heteroatoms. The second-order valence-electron chi connectivity index (χ2n) is 4.12. The van der Waals surface area contributed by atoms with E-state index < -0.39 is 0 Å². The quantitative estimate of drug-likeness (QED) is 0.627. The minimum Gasteiger partial charge on any atom is -0.466 e. The topological polar surface area (TPSA) is 38.3 Å². The first kappa shape index (κ1) is 13.3. The van der Waals surface area contributed by atoms with E-state index in [4.69, 9.17) is 0 Å². The zero-order chi connectivity index (χ0) is 12.7. The molecule has 0 atom stereocenters. The van der Waals surface area contributed by atoms with Crippen LogP contribution in [0.25, 0.3) is 0 Å². The second-order valence-corrected chi connectivity index (χ2v) is 4.12. The SMILES string of the molecule is COC(=O)/C=C(\NCc1ccccc1)C(C)C. The van der Waals surface area contributed by atoms with Gasteiger partial charge in [-0.15, -0.1) is 0 Å². The van der Waals surface area contributed by atoms with Gasteiger partial charge in [0, 0.05) is 18.3 Å². The summed E-state index contributed by atoms with van der Waals surface area (Å²) in [5, 5.41) is 3.26. The molecule has 0 aliphatic heterocycles. The van der Waals surface area contributed by atoms with Gasteiger partial charge < -0.3 is 10.1 Å². The normalized spacial score (nSPS) is 11.4. The Bertz CT molecular complexity index is 382. The van der Waals surface area contributed by atoms with Crippen molar-refractivity contribution in [2.75, 3.05) is 7.11 Å². The van der Waals surface area contributed by atoms with Crippen molar-refractivity contribution in [2.24, 2.45) is 5.92 Å². The van der Waals surface area contributed by atoms with E-state index in [-0.39, 0.29) is 11.9 Å². The third kappa shape index (κ3) is 4.72. The second kappa shape index (κ2) is 6.74. The summed E-state index contributed by atoms with van der Waals surface area (Å²) in [5.41, 5.74) is 2.07. The van der Waals surface area contributed by atoms with Crippen LogP contribution in [-0.2, 0) is 16.1 Å². The van der Waals surface area contributed by atoms with Crippen LogP contribution >= 0.6 is 0 Å². The highest BCUT2D eigenvalue weighted by Crippen LogP contribution is 2.08. The number of benzene rings is 1. The molecule has 92 valence electrons. The highest BCUT2D eigenvalue weighted by molar-refractivity contribution is 5.82. The molecule has 0 aromatic heterocycles. The number of allylic oxidation sites excluding steroid dienone is 1. The number of nitrogens with one attached hydrogen (secondary N) is 1. The highest BCUT2D eigenvalue weighted by atomic mass is 16.5. The van der Waals surface area contributed by atoms with Crippen molar-refractivity contribution in [2.45, 2.75) is 20.4 Å². The Morgan fingerprint density at radius 3 is 2.53 bits per heavy atom. The van der Waals surface area contributed by atoms with Gasteiger partial charge in [0.2, 0.25) is 0 Å². The van der Waals surface area contributed by atoms with Crippen LogP contribution in [0, 0.1) is 5.92 Å². The lowest BCUT2D eigenvalue weighted by Crippen LogP contribution is -2.18. The summed E-state index contributed by atoms with van der Waals surface area (Å²) in [6.45, 7) is 4.78. The monoisotopic (exact) mass is 233 g/mol. The van der Waals surface area contributed by atoms with E-state index in [1.54, 1.807) is 0 Å². The molecule has 3 nitrogen and oxygen atoms in total. The molecule has 0 spiro atoms. The summed E-state index contributed by atoms with van der Waals surface area (Å²) >= 11 is 0. The van der Waals surface area contributed by atoms with E-state index in [2.05, 4.69) is 10.1 Å². The average Bonchev–Trinajstić information content (AvgIpc) is 2.35. The Morgan fingerprint density at radius 1 is 1.35 bits per heavy atom. The van der Waals surface area contributed by atoms with Crippen molar-refractivity contribution in [3.8, 4) is 0 Å². The van der Waals surface area contributed by atoms with Crippen molar-refractivity contribution < 1.29 is 9.53 Å². The lowest BCUT2D eigenvalue weighted by molar-refractivity contribution is -0.134. The zero-order valence-electron chi connectivity index (χ0n) is 10.6. The molecule has 17 heavy (non-hydrogen) atoms.